The molecule has 8 nitrogen and oxygen atoms in total. The van der Waals surface area contributed by atoms with Gasteiger partial charge in [0.05, 0.1) is 17.8 Å². The maximum Gasteiger partial charge on any atom is 0.322 e. The second-order valence-electron chi connectivity index (χ2n) is 8.85. The van der Waals surface area contributed by atoms with Crippen LogP contribution in [0.25, 0.3) is 0 Å². The van der Waals surface area contributed by atoms with Gasteiger partial charge in [0.1, 0.15) is 18.1 Å². The van der Waals surface area contributed by atoms with E-state index >= 15 is 0 Å². The van der Waals surface area contributed by atoms with Crippen LogP contribution >= 0.6 is 11.6 Å². The molecule has 0 aliphatic carbocycles. The standard InChI is InChI=1S/C26H27ClFN3O5/c1-17(2)12-31(26(33)29-19-6-7-22(28)21(27)11-19)15-25(32)30(14-20-4-3-9-34-20)13-18-5-8-23-24(10-18)36-16-35-23/h3-11,17H,12-16H2,1-2H3,(H,29,33). The number of furan rings is 1. The molecule has 0 spiro atoms. The van der Waals surface area contributed by atoms with E-state index in [1.54, 1.807) is 29.4 Å². The SMILES string of the molecule is CC(C)CN(CC(=O)N(Cc1ccc2c(c1)OCO2)Cc1ccco1)C(=O)Nc1ccc(F)c(Cl)c1. The van der Waals surface area contributed by atoms with Gasteiger partial charge in [0, 0.05) is 18.8 Å². The summed E-state index contributed by atoms with van der Waals surface area (Å²) < 4.78 is 29.8. The molecule has 0 saturated heterocycles. The van der Waals surface area contributed by atoms with E-state index in [2.05, 4.69) is 5.32 Å². The Bertz CT molecular complexity index is 1220. The molecule has 1 aliphatic heterocycles. The lowest BCUT2D eigenvalue weighted by atomic mass is 10.1. The first-order valence-corrected chi connectivity index (χ1v) is 11.9. The zero-order valence-corrected chi connectivity index (χ0v) is 20.8. The number of hydrogen-bond donors (Lipinski definition) is 1. The molecule has 10 heteroatoms. The maximum absolute atomic E-state index is 13.5. The van der Waals surface area contributed by atoms with Crippen molar-refractivity contribution in [1.82, 2.24) is 9.80 Å². The van der Waals surface area contributed by atoms with Gasteiger partial charge in [-0.1, -0.05) is 31.5 Å². The van der Waals surface area contributed by atoms with E-state index in [9.17, 15) is 14.0 Å². The highest BCUT2D eigenvalue weighted by atomic mass is 35.5. The van der Waals surface area contributed by atoms with Crippen LogP contribution in [-0.2, 0) is 17.9 Å². The summed E-state index contributed by atoms with van der Waals surface area (Å²) in [5, 5.41) is 2.60. The van der Waals surface area contributed by atoms with Crippen LogP contribution in [0.4, 0.5) is 14.9 Å². The molecule has 0 fully saturated rings. The lowest BCUT2D eigenvalue weighted by Crippen LogP contribution is -2.45. The van der Waals surface area contributed by atoms with Crippen LogP contribution in [0.3, 0.4) is 0 Å². The first kappa shape index (κ1) is 25.4. The van der Waals surface area contributed by atoms with Crippen molar-refractivity contribution in [3.05, 3.63) is 77.0 Å². The first-order valence-electron chi connectivity index (χ1n) is 11.5. The Balaban J connectivity index is 1.50. The zero-order valence-electron chi connectivity index (χ0n) is 20.0. The van der Waals surface area contributed by atoms with Gasteiger partial charge in [-0.3, -0.25) is 4.79 Å². The zero-order chi connectivity index (χ0) is 25.7. The number of hydrogen-bond acceptors (Lipinski definition) is 5. The van der Waals surface area contributed by atoms with E-state index in [1.807, 2.05) is 26.0 Å². The number of ether oxygens (including phenoxy) is 2. The summed E-state index contributed by atoms with van der Waals surface area (Å²) in [6, 6.07) is 12.5. The normalized spacial score (nSPS) is 12.0. The largest absolute Gasteiger partial charge is 0.467 e. The molecule has 190 valence electrons. The van der Waals surface area contributed by atoms with Crippen molar-refractivity contribution in [2.75, 3.05) is 25.2 Å². The highest BCUT2D eigenvalue weighted by molar-refractivity contribution is 6.31. The van der Waals surface area contributed by atoms with Gasteiger partial charge in [-0.2, -0.15) is 0 Å². The van der Waals surface area contributed by atoms with Crippen LogP contribution < -0.4 is 14.8 Å². The fraction of sp³-hybridized carbons (Fsp3) is 0.308. The third kappa shape index (κ3) is 6.48. The fourth-order valence-electron chi connectivity index (χ4n) is 3.78. The van der Waals surface area contributed by atoms with Crippen LogP contribution in [0.15, 0.2) is 59.2 Å². The highest BCUT2D eigenvalue weighted by Gasteiger charge is 2.24. The van der Waals surface area contributed by atoms with Gasteiger partial charge in [0.15, 0.2) is 11.5 Å². The lowest BCUT2D eigenvalue weighted by molar-refractivity contribution is -0.133. The second kappa shape index (κ2) is 11.3. The molecule has 2 heterocycles. The van der Waals surface area contributed by atoms with Crippen LogP contribution in [0, 0.1) is 11.7 Å². The first-order chi connectivity index (χ1) is 17.3. The molecule has 36 heavy (non-hydrogen) atoms. The number of carbonyl (C=O) groups is 2. The summed E-state index contributed by atoms with van der Waals surface area (Å²) in [5.74, 6) is 1.15. The van der Waals surface area contributed by atoms with E-state index in [1.165, 1.54) is 23.1 Å². The number of anilines is 1. The number of fused-ring (bicyclic) bond motifs is 1. The van der Waals surface area contributed by atoms with Gasteiger partial charge in [-0.15, -0.1) is 0 Å². The van der Waals surface area contributed by atoms with E-state index in [-0.39, 0.29) is 43.3 Å². The Morgan fingerprint density at radius 2 is 1.86 bits per heavy atom. The Hall–Kier alpha value is -3.72. The van der Waals surface area contributed by atoms with Crippen molar-refractivity contribution >= 4 is 29.2 Å². The number of nitrogens with one attached hydrogen (secondary N) is 1. The Labute approximate surface area is 213 Å². The van der Waals surface area contributed by atoms with E-state index in [0.717, 1.165) is 5.56 Å². The van der Waals surface area contributed by atoms with Gasteiger partial charge < -0.3 is 29.0 Å². The van der Waals surface area contributed by atoms with Crippen LogP contribution in [-0.4, -0.2) is 41.6 Å². The molecule has 0 atom stereocenters. The Kier molecular flexibility index (Phi) is 8.00. The van der Waals surface area contributed by atoms with Gasteiger partial charge in [0.25, 0.3) is 0 Å². The summed E-state index contributed by atoms with van der Waals surface area (Å²) >= 11 is 5.84. The molecule has 0 radical (unpaired) electrons. The number of amides is 3. The van der Waals surface area contributed by atoms with E-state index in [0.29, 0.717) is 29.5 Å². The van der Waals surface area contributed by atoms with Crippen molar-refractivity contribution < 1.29 is 27.9 Å². The highest BCUT2D eigenvalue weighted by Crippen LogP contribution is 2.33. The third-order valence-corrected chi connectivity index (χ3v) is 5.75. The summed E-state index contributed by atoms with van der Waals surface area (Å²) in [5.41, 5.74) is 1.18. The molecular formula is C26H27ClFN3O5. The minimum atomic E-state index is -0.582. The molecule has 0 unspecified atom stereocenters. The van der Waals surface area contributed by atoms with Crippen molar-refractivity contribution in [2.24, 2.45) is 5.92 Å². The smallest absolute Gasteiger partial charge is 0.322 e. The fourth-order valence-corrected chi connectivity index (χ4v) is 3.96. The minimum Gasteiger partial charge on any atom is -0.467 e. The number of nitrogens with zero attached hydrogens (tertiary/aromatic N) is 2. The molecule has 4 rings (SSSR count). The molecule has 0 saturated carbocycles. The predicted octanol–water partition coefficient (Wildman–Crippen LogP) is 5.52. The summed E-state index contributed by atoms with van der Waals surface area (Å²) in [7, 11) is 0. The summed E-state index contributed by atoms with van der Waals surface area (Å²) in [6.07, 6.45) is 1.55. The number of benzene rings is 2. The van der Waals surface area contributed by atoms with E-state index < -0.39 is 11.8 Å². The van der Waals surface area contributed by atoms with Crippen LogP contribution in [0.2, 0.25) is 5.02 Å². The number of rotatable bonds is 9. The van der Waals surface area contributed by atoms with Crippen molar-refractivity contribution in [2.45, 2.75) is 26.9 Å². The Morgan fingerprint density at radius 1 is 1.06 bits per heavy atom. The summed E-state index contributed by atoms with van der Waals surface area (Å²) in [4.78, 5) is 29.6. The molecule has 1 N–H and O–H groups in total. The maximum atomic E-state index is 13.5. The van der Waals surface area contributed by atoms with Crippen molar-refractivity contribution in [1.29, 1.82) is 0 Å². The third-order valence-electron chi connectivity index (χ3n) is 5.46. The molecule has 2 aromatic carbocycles. The Morgan fingerprint density at radius 3 is 2.58 bits per heavy atom. The van der Waals surface area contributed by atoms with Gasteiger partial charge >= 0.3 is 6.03 Å². The van der Waals surface area contributed by atoms with Gasteiger partial charge in [-0.05, 0) is 53.9 Å². The van der Waals surface area contributed by atoms with Crippen LogP contribution in [0.5, 0.6) is 11.5 Å². The molecule has 1 aromatic heterocycles. The quantitative estimate of drug-likeness (QED) is 0.405. The average Bonchev–Trinajstić information content (AvgIpc) is 3.52. The van der Waals surface area contributed by atoms with E-state index in [4.69, 9.17) is 25.5 Å². The topological polar surface area (TPSA) is 84.2 Å². The van der Waals surface area contributed by atoms with Crippen molar-refractivity contribution in [3.63, 3.8) is 0 Å². The number of halogens is 2. The second-order valence-corrected chi connectivity index (χ2v) is 9.26. The molecular weight excluding hydrogens is 489 g/mol. The number of urea groups is 1. The van der Waals surface area contributed by atoms with Gasteiger partial charge in [0.2, 0.25) is 12.7 Å². The monoisotopic (exact) mass is 515 g/mol. The number of carbonyl (C=O) groups excluding carboxylic acids is 2. The average molecular weight is 516 g/mol. The molecule has 3 aromatic rings. The summed E-state index contributed by atoms with van der Waals surface area (Å²) in [6.45, 7) is 4.74. The predicted molar refractivity (Wildman–Crippen MR) is 132 cm³/mol. The van der Waals surface area contributed by atoms with Crippen molar-refractivity contribution in [3.8, 4) is 11.5 Å². The molecule has 3 amide bonds. The lowest BCUT2D eigenvalue weighted by Gasteiger charge is -2.28. The molecule has 1 aliphatic rings. The van der Waals surface area contributed by atoms with Crippen LogP contribution in [0.1, 0.15) is 25.2 Å². The molecule has 0 bridgehead atoms. The minimum absolute atomic E-state index is 0.104. The van der Waals surface area contributed by atoms with Gasteiger partial charge in [-0.25, -0.2) is 9.18 Å².